The molecule has 0 atom stereocenters. The standard InChI is InChI=1S/C13H11ClN2O3S/c1-9(17)10-3-2-4-11(7-10)20(18,19)16-13-5-6-15-8-12(13)14/h2-8H,1H3,(H,15,16). The molecule has 1 aromatic heterocycles. The van der Waals surface area contributed by atoms with Gasteiger partial charge in [0.2, 0.25) is 0 Å². The number of pyridine rings is 1. The Bertz CT molecular complexity index is 760. The summed E-state index contributed by atoms with van der Waals surface area (Å²) in [6.45, 7) is 1.37. The highest BCUT2D eigenvalue weighted by Gasteiger charge is 2.16. The van der Waals surface area contributed by atoms with Gasteiger partial charge in [0.25, 0.3) is 10.0 Å². The minimum Gasteiger partial charge on any atom is -0.295 e. The molecule has 7 heteroatoms. The average molecular weight is 311 g/mol. The summed E-state index contributed by atoms with van der Waals surface area (Å²) in [7, 11) is -3.81. The zero-order valence-corrected chi connectivity index (χ0v) is 12.1. The van der Waals surface area contributed by atoms with Crippen LogP contribution in [0.25, 0.3) is 0 Å². The number of aromatic nitrogens is 1. The van der Waals surface area contributed by atoms with Gasteiger partial charge in [-0.2, -0.15) is 0 Å². The molecular weight excluding hydrogens is 300 g/mol. The summed E-state index contributed by atoms with van der Waals surface area (Å²) in [5.74, 6) is -0.205. The lowest BCUT2D eigenvalue weighted by atomic mass is 10.2. The fourth-order valence-corrected chi connectivity index (χ4v) is 2.89. The molecule has 2 rings (SSSR count). The highest BCUT2D eigenvalue weighted by molar-refractivity contribution is 7.92. The molecular formula is C13H11ClN2O3S. The quantitative estimate of drug-likeness (QED) is 0.881. The molecule has 0 aliphatic carbocycles. The van der Waals surface area contributed by atoms with Crippen LogP contribution in [0.5, 0.6) is 0 Å². The summed E-state index contributed by atoms with van der Waals surface area (Å²) in [5, 5.41) is 0.193. The minimum atomic E-state index is -3.81. The van der Waals surface area contributed by atoms with Gasteiger partial charge >= 0.3 is 0 Å². The predicted molar refractivity (Wildman–Crippen MR) is 76.5 cm³/mol. The number of hydrogen-bond donors (Lipinski definition) is 1. The van der Waals surface area contributed by atoms with E-state index in [4.69, 9.17) is 11.6 Å². The Labute approximate surface area is 121 Å². The number of carbonyl (C=O) groups excluding carboxylic acids is 1. The van der Waals surface area contributed by atoms with Gasteiger partial charge in [-0.1, -0.05) is 23.7 Å². The molecule has 0 saturated heterocycles. The summed E-state index contributed by atoms with van der Waals surface area (Å²) in [4.78, 5) is 15.1. The van der Waals surface area contributed by atoms with Crippen molar-refractivity contribution in [3.8, 4) is 0 Å². The number of rotatable bonds is 4. The molecule has 20 heavy (non-hydrogen) atoms. The SMILES string of the molecule is CC(=O)c1cccc(S(=O)(=O)Nc2ccncc2Cl)c1. The van der Waals surface area contributed by atoms with Crippen LogP contribution in [0.2, 0.25) is 5.02 Å². The average Bonchev–Trinajstić information content (AvgIpc) is 2.41. The van der Waals surface area contributed by atoms with E-state index in [9.17, 15) is 13.2 Å². The fourth-order valence-electron chi connectivity index (χ4n) is 1.54. The predicted octanol–water partition coefficient (Wildman–Crippen LogP) is 2.74. The van der Waals surface area contributed by atoms with E-state index in [-0.39, 0.29) is 21.4 Å². The summed E-state index contributed by atoms with van der Waals surface area (Å²) in [6.07, 6.45) is 2.77. The molecule has 5 nitrogen and oxygen atoms in total. The van der Waals surface area contributed by atoms with Crippen LogP contribution in [0, 0.1) is 0 Å². The van der Waals surface area contributed by atoms with E-state index < -0.39 is 10.0 Å². The van der Waals surface area contributed by atoms with Crippen molar-refractivity contribution in [2.75, 3.05) is 4.72 Å². The van der Waals surface area contributed by atoms with Crippen LogP contribution in [-0.2, 0) is 10.0 Å². The monoisotopic (exact) mass is 310 g/mol. The van der Waals surface area contributed by atoms with E-state index in [1.165, 1.54) is 43.6 Å². The molecule has 0 saturated carbocycles. The Kier molecular flexibility index (Phi) is 4.06. The minimum absolute atomic E-state index is 0.00178. The number of nitrogens with one attached hydrogen (secondary N) is 1. The number of anilines is 1. The van der Waals surface area contributed by atoms with Crippen molar-refractivity contribution in [1.82, 2.24) is 4.98 Å². The van der Waals surface area contributed by atoms with Crippen molar-refractivity contribution in [2.24, 2.45) is 0 Å². The van der Waals surface area contributed by atoms with Crippen LogP contribution in [-0.4, -0.2) is 19.2 Å². The van der Waals surface area contributed by atoms with Crippen molar-refractivity contribution in [2.45, 2.75) is 11.8 Å². The van der Waals surface area contributed by atoms with Gasteiger partial charge < -0.3 is 0 Å². The second-order valence-electron chi connectivity index (χ2n) is 4.05. The van der Waals surface area contributed by atoms with Crippen LogP contribution in [0.3, 0.4) is 0 Å². The lowest BCUT2D eigenvalue weighted by molar-refractivity contribution is 0.101. The fraction of sp³-hybridized carbons (Fsp3) is 0.0769. The maximum absolute atomic E-state index is 12.2. The summed E-state index contributed by atoms with van der Waals surface area (Å²) in [5.41, 5.74) is 0.559. The number of halogens is 1. The van der Waals surface area contributed by atoms with Crippen molar-refractivity contribution >= 4 is 33.1 Å². The first kappa shape index (κ1) is 14.5. The molecule has 1 heterocycles. The van der Waals surface area contributed by atoms with E-state index in [0.29, 0.717) is 5.56 Å². The van der Waals surface area contributed by atoms with Crippen LogP contribution in [0.4, 0.5) is 5.69 Å². The number of benzene rings is 1. The zero-order valence-electron chi connectivity index (χ0n) is 10.5. The van der Waals surface area contributed by atoms with Gasteiger partial charge in [-0.25, -0.2) is 8.42 Å². The van der Waals surface area contributed by atoms with Crippen molar-refractivity contribution < 1.29 is 13.2 Å². The normalized spacial score (nSPS) is 11.1. The molecule has 0 radical (unpaired) electrons. The van der Waals surface area contributed by atoms with Gasteiger partial charge in [0.05, 0.1) is 15.6 Å². The number of hydrogen-bond acceptors (Lipinski definition) is 4. The molecule has 104 valence electrons. The van der Waals surface area contributed by atoms with Gasteiger partial charge in [0, 0.05) is 18.0 Å². The Morgan fingerprint density at radius 1 is 1.30 bits per heavy atom. The molecule has 0 aliphatic rings. The molecule has 0 aliphatic heterocycles. The van der Waals surface area contributed by atoms with Gasteiger partial charge in [-0.3, -0.25) is 14.5 Å². The van der Waals surface area contributed by atoms with E-state index in [1.807, 2.05) is 0 Å². The van der Waals surface area contributed by atoms with Gasteiger partial charge in [-0.05, 0) is 25.1 Å². The third-order valence-corrected chi connectivity index (χ3v) is 4.23. The molecule has 0 amide bonds. The Hall–Kier alpha value is -1.92. The highest BCUT2D eigenvalue weighted by atomic mass is 35.5. The molecule has 1 N–H and O–H groups in total. The Balaban J connectivity index is 2.38. The maximum atomic E-state index is 12.2. The lowest BCUT2D eigenvalue weighted by Gasteiger charge is -2.09. The van der Waals surface area contributed by atoms with E-state index in [0.717, 1.165) is 0 Å². The Morgan fingerprint density at radius 3 is 2.70 bits per heavy atom. The summed E-state index contributed by atoms with van der Waals surface area (Å²) < 4.78 is 26.8. The van der Waals surface area contributed by atoms with E-state index in [1.54, 1.807) is 6.07 Å². The third kappa shape index (κ3) is 3.15. The van der Waals surface area contributed by atoms with Gasteiger partial charge in [0.15, 0.2) is 5.78 Å². The van der Waals surface area contributed by atoms with Crippen LogP contribution in [0.15, 0.2) is 47.6 Å². The lowest BCUT2D eigenvalue weighted by Crippen LogP contribution is -2.13. The number of carbonyl (C=O) groups is 1. The molecule has 0 unspecified atom stereocenters. The molecule has 0 spiro atoms. The van der Waals surface area contributed by atoms with E-state index in [2.05, 4.69) is 9.71 Å². The first-order valence-corrected chi connectivity index (χ1v) is 7.49. The van der Waals surface area contributed by atoms with Crippen molar-refractivity contribution in [1.29, 1.82) is 0 Å². The third-order valence-electron chi connectivity index (χ3n) is 2.57. The van der Waals surface area contributed by atoms with Crippen LogP contribution >= 0.6 is 11.6 Å². The molecule has 1 aromatic carbocycles. The first-order chi connectivity index (χ1) is 9.40. The molecule has 0 bridgehead atoms. The van der Waals surface area contributed by atoms with E-state index >= 15 is 0 Å². The van der Waals surface area contributed by atoms with Crippen LogP contribution < -0.4 is 4.72 Å². The topological polar surface area (TPSA) is 76.1 Å². The van der Waals surface area contributed by atoms with Crippen LogP contribution in [0.1, 0.15) is 17.3 Å². The first-order valence-electron chi connectivity index (χ1n) is 5.63. The van der Waals surface area contributed by atoms with Crippen molar-refractivity contribution in [3.05, 3.63) is 53.3 Å². The maximum Gasteiger partial charge on any atom is 0.261 e. The Morgan fingerprint density at radius 2 is 2.05 bits per heavy atom. The number of ketones is 1. The second-order valence-corrected chi connectivity index (χ2v) is 6.13. The zero-order chi connectivity index (χ0) is 14.8. The molecule has 0 fully saturated rings. The number of sulfonamides is 1. The highest BCUT2D eigenvalue weighted by Crippen LogP contribution is 2.23. The summed E-state index contributed by atoms with van der Waals surface area (Å²) in [6, 6.07) is 7.25. The largest absolute Gasteiger partial charge is 0.295 e. The second kappa shape index (κ2) is 5.60. The summed E-state index contributed by atoms with van der Waals surface area (Å²) >= 11 is 5.86. The van der Waals surface area contributed by atoms with Gasteiger partial charge in [0.1, 0.15) is 0 Å². The molecule has 2 aromatic rings. The van der Waals surface area contributed by atoms with Gasteiger partial charge in [-0.15, -0.1) is 0 Å². The number of nitrogens with zero attached hydrogens (tertiary/aromatic N) is 1. The smallest absolute Gasteiger partial charge is 0.261 e. The van der Waals surface area contributed by atoms with Crippen molar-refractivity contribution in [3.63, 3.8) is 0 Å². The number of Topliss-reactive ketones (excluding diaryl/α,β-unsaturated/α-hetero) is 1.